The number of carbonyl (C=O) groups excluding carboxylic acids is 1. The summed E-state index contributed by atoms with van der Waals surface area (Å²) in [5.74, 6) is -0.276. The molecule has 2 aliphatic rings. The van der Waals surface area contributed by atoms with Crippen molar-refractivity contribution in [3.8, 4) is 0 Å². The minimum atomic E-state index is -4.52. The summed E-state index contributed by atoms with van der Waals surface area (Å²) in [5.41, 5.74) is 0.768. The van der Waals surface area contributed by atoms with Crippen molar-refractivity contribution < 1.29 is 18.0 Å². The van der Waals surface area contributed by atoms with Gasteiger partial charge in [0.2, 0.25) is 0 Å². The number of aromatic nitrogens is 4. The van der Waals surface area contributed by atoms with Gasteiger partial charge < -0.3 is 4.90 Å². The Morgan fingerprint density at radius 1 is 1.10 bits per heavy atom. The van der Waals surface area contributed by atoms with Gasteiger partial charge in [0.1, 0.15) is 0 Å². The van der Waals surface area contributed by atoms with Crippen molar-refractivity contribution in [1.29, 1.82) is 0 Å². The number of piperidine rings is 1. The zero-order valence-electron chi connectivity index (χ0n) is 20.5. The number of hydrogen-bond donors (Lipinski definition) is 0. The average Bonchev–Trinajstić information content (AvgIpc) is 3.66. The van der Waals surface area contributed by atoms with Gasteiger partial charge in [-0.2, -0.15) is 28.4 Å². The Balaban J connectivity index is 1.16. The zero-order valence-corrected chi connectivity index (χ0v) is 22.0. The highest BCUT2D eigenvalue weighted by Crippen LogP contribution is 2.35. The van der Waals surface area contributed by atoms with Gasteiger partial charge in [-0.15, -0.1) is 0 Å². The first-order valence-electron chi connectivity index (χ1n) is 12.3. The van der Waals surface area contributed by atoms with E-state index in [0.717, 1.165) is 42.9 Å². The molecule has 0 spiro atoms. The van der Waals surface area contributed by atoms with Crippen molar-refractivity contribution >= 4 is 51.4 Å². The Kier molecular flexibility index (Phi) is 6.72. The minimum absolute atomic E-state index is 0.0271. The zero-order chi connectivity index (χ0) is 27.1. The summed E-state index contributed by atoms with van der Waals surface area (Å²) in [5, 5.41) is 10.1. The van der Waals surface area contributed by atoms with Crippen LogP contribution in [0.3, 0.4) is 0 Å². The van der Waals surface area contributed by atoms with Gasteiger partial charge in [-0.05, 0) is 72.1 Å². The van der Waals surface area contributed by atoms with Crippen LogP contribution in [0.25, 0.3) is 17.0 Å². The number of hydrogen-bond acceptors (Lipinski definition) is 5. The molecule has 39 heavy (non-hydrogen) atoms. The van der Waals surface area contributed by atoms with Crippen LogP contribution in [0.1, 0.15) is 35.6 Å². The normalized spacial score (nSPS) is 17.9. The van der Waals surface area contributed by atoms with Crippen LogP contribution in [-0.4, -0.2) is 48.6 Å². The van der Waals surface area contributed by atoms with Gasteiger partial charge in [0.05, 0.1) is 34.8 Å². The number of halogens is 4. The largest absolute Gasteiger partial charge is 0.416 e. The van der Waals surface area contributed by atoms with E-state index in [9.17, 15) is 18.0 Å². The first-order chi connectivity index (χ1) is 18.7. The summed E-state index contributed by atoms with van der Waals surface area (Å²) in [6.07, 6.45) is 4.48. The van der Waals surface area contributed by atoms with E-state index in [2.05, 4.69) is 20.1 Å². The molecule has 1 saturated heterocycles. The third-order valence-electron chi connectivity index (χ3n) is 6.90. The number of aliphatic imine (C=N–C) groups is 1. The predicted octanol–water partition coefficient (Wildman–Crippen LogP) is 6.26. The summed E-state index contributed by atoms with van der Waals surface area (Å²) in [6, 6.07) is 11.5. The number of benzene rings is 2. The molecule has 4 aromatic rings. The van der Waals surface area contributed by atoms with Crippen molar-refractivity contribution in [2.24, 2.45) is 4.99 Å². The standard InChI is InChI=1S/C27H22ClF3N6OS/c28-20-4-3-18(22(14-20)27(29,30)31)16-37-23-5-2-17(12-19(23)15-33-37)13-24-25(38)34-26(39-24)35-10-6-21(7-11-35)36-9-1-8-32-36/h1-5,8-9,12-15,21H,6-7,10-11,16H2. The molecule has 1 fully saturated rings. The van der Waals surface area contributed by atoms with Crippen molar-refractivity contribution in [1.82, 2.24) is 24.5 Å². The molecular formula is C27H22ClF3N6OS. The Morgan fingerprint density at radius 2 is 1.92 bits per heavy atom. The van der Waals surface area contributed by atoms with Gasteiger partial charge in [-0.3, -0.25) is 14.2 Å². The summed E-state index contributed by atoms with van der Waals surface area (Å²) < 4.78 is 44.1. The first-order valence-corrected chi connectivity index (χ1v) is 13.5. The first kappa shape index (κ1) is 25.7. The van der Waals surface area contributed by atoms with Crippen molar-refractivity contribution in [2.75, 3.05) is 13.1 Å². The number of amides is 1. The number of nitrogens with zero attached hydrogens (tertiary/aromatic N) is 6. The molecule has 12 heteroatoms. The average molecular weight is 571 g/mol. The smallest absolute Gasteiger partial charge is 0.351 e. The Hall–Kier alpha value is -3.57. The van der Waals surface area contributed by atoms with E-state index in [1.807, 2.05) is 29.1 Å². The summed E-state index contributed by atoms with van der Waals surface area (Å²) >= 11 is 7.17. The van der Waals surface area contributed by atoms with Gasteiger partial charge in [0, 0.05) is 35.9 Å². The molecule has 7 nitrogen and oxygen atoms in total. The van der Waals surface area contributed by atoms with Gasteiger partial charge in [0.25, 0.3) is 5.91 Å². The van der Waals surface area contributed by atoms with Crippen molar-refractivity contribution in [2.45, 2.75) is 31.6 Å². The fourth-order valence-corrected chi connectivity index (χ4v) is 6.07. The molecule has 0 radical (unpaired) electrons. The van der Waals surface area contributed by atoms with Crippen LogP contribution in [-0.2, 0) is 17.5 Å². The summed E-state index contributed by atoms with van der Waals surface area (Å²) in [4.78, 5) is 19.6. The lowest BCUT2D eigenvalue weighted by Crippen LogP contribution is -2.37. The fourth-order valence-electron chi connectivity index (χ4n) is 4.94. The van der Waals surface area contributed by atoms with Gasteiger partial charge in [0.15, 0.2) is 5.17 Å². The SMILES string of the molecule is O=C1N=C(N2CCC(n3cccn3)CC2)SC1=Cc1ccc2c(cnn2Cc2ccc(Cl)cc2C(F)(F)F)c1. The third kappa shape index (κ3) is 5.33. The number of alkyl halides is 3. The maximum absolute atomic E-state index is 13.5. The molecule has 4 heterocycles. The van der Waals surface area contributed by atoms with Crippen LogP contribution < -0.4 is 0 Å². The third-order valence-corrected chi connectivity index (χ3v) is 8.18. The molecule has 2 aromatic carbocycles. The molecule has 0 aliphatic carbocycles. The number of thioether (sulfide) groups is 1. The Labute approximate surface area is 230 Å². The van der Waals surface area contributed by atoms with Gasteiger partial charge >= 0.3 is 6.18 Å². The van der Waals surface area contributed by atoms with E-state index in [1.165, 1.54) is 28.6 Å². The monoisotopic (exact) mass is 570 g/mol. The topological polar surface area (TPSA) is 68.3 Å². The molecule has 1 amide bonds. The van der Waals surface area contributed by atoms with E-state index in [1.54, 1.807) is 24.5 Å². The van der Waals surface area contributed by atoms with E-state index in [0.29, 0.717) is 21.6 Å². The molecule has 0 unspecified atom stereocenters. The number of amidine groups is 1. The summed E-state index contributed by atoms with van der Waals surface area (Å²) in [7, 11) is 0. The number of fused-ring (bicyclic) bond motifs is 1. The van der Waals surface area contributed by atoms with Crippen LogP contribution in [0.5, 0.6) is 0 Å². The molecule has 0 atom stereocenters. The maximum atomic E-state index is 13.5. The minimum Gasteiger partial charge on any atom is -0.351 e. The highest BCUT2D eigenvalue weighted by Gasteiger charge is 2.34. The second-order valence-electron chi connectivity index (χ2n) is 9.43. The van der Waals surface area contributed by atoms with Crippen molar-refractivity contribution in [3.63, 3.8) is 0 Å². The molecule has 2 aliphatic heterocycles. The van der Waals surface area contributed by atoms with Crippen LogP contribution >= 0.6 is 23.4 Å². The quantitative estimate of drug-likeness (QED) is 0.271. The molecule has 0 saturated carbocycles. The number of carbonyl (C=O) groups is 1. The highest BCUT2D eigenvalue weighted by atomic mass is 35.5. The summed E-state index contributed by atoms with van der Waals surface area (Å²) in [6.45, 7) is 1.54. The number of rotatable bonds is 4. The van der Waals surface area contributed by atoms with Crippen LogP contribution in [0.2, 0.25) is 5.02 Å². The number of likely N-dealkylation sites (tertiary alicyclic amines) is 1. The lowest BCUT2D eigenvalue weighted by atomic mass is 10.1. The maximum Gasteiger partial charge on any atom is 0.416 e. The van der Waals surface area contributed by atoms with Gasteiger partial charge in [-0.1, -0.05) is 23.7 Å². The lowest BCUT2D eigenvalue weighted by molar-refractivity contribution is -0.138. The molecular weight excluding hydrogens is 549 g/mol. The van der Waals surface area contributed by atoms with E-state index in [4.69, 9.17) is 11.6 Å². The second-order valence-corrected chi connectivity index (χ2v) is 10.9. The highest BCUT2D eigenvalue weighted by molar-refractivity contribution is 8.18. The van der Waals surface area contributed by atoms with E-state index >= 15 is 0 Å². The fraction of sp³-hybridized carbons (Fsp3) is 0.259. The Bertz CT molecular complexity index is 1600. The van der Waals surface area contributed by atoms with Crippen molar-refractivity contribution in [3.05, 3.63) is 87.7 Å². The molecule has 0 bridgehead atoms. The van der Waals surface area contributed by atoms with E-state index in [-0.39, 0.29) is 23.0 Å². The Morgan fingerprint density at radius 3 is 2.67 bits per heavy atom. The molecule has 2 aromatic heterocycles. The van der Waals surface area contributed by atoms with Gasteiger partial charge in [-0.25, -0.2) is 0 Å². The second kappa shape index (κ2) is 10.2. The van der Waals surface area contributed by atoms with Crippen LogP contribution in [0, 0.1) is 0 Å². The van der Waals surface area contributed by atoms with Crippen LogP contribution in [0.15, 0.2) is 71.0 Å². The lowest BCUT2D eigenvalue weighted by Gasteiger charge is -2.32. The molecule has 200 valence electrons. The predicted molar refractivity (Wildman–Crippen MR) is 145 cm³/mol. The molecule has 6 rings (SSSR count). The van der Waals surface area contributed by atoms with E-state index < -0.39 is 11.7 Å². The van der Waals surface area contributed by atoms with Crippen LogP contribution in [0.4, 0.5) is 13.2 Å². The molecule has 0 N–H and O–H groups in total.